The number of para-hydroxylation sites is 1. The smallest absolute Gasteiger partial charge is 0.335 e. The van der Waals surface area contributed by atoms with Gasteiger partial charge in [-0.2, -0.15) is 0 Å². The maximum atomic E-state index is 13.9. The summed E-state index contributed by atoms with van der Waals surface area (Å²) in [7, 11) is 0. The van der Waals surface area contributed by atoms with Crippen LogP contribution < -0.4 is 10.1 Å². The Morgan fingerprint density at radius 3 is 2.62 bits per heavy atom. The lowest BCUT2D eigenvalue weighted by atomic mass is 10.2. The van der Waals surface area contributed by atoms with Crippen molar-refractivity contribution >= 4 is 29.3 Å². The summed E-state index contributed by atoms with van der Waals surface area (Å²) in [6.45, 7) is 5.86. The minimum Gasteiger partial charge on any atom is -0.480 e. The summed E-state index contributed by atoms with van der Waals surface area (Å²) in [6, 6.07) is 12.0. The largest absolute Gasteiger partial charge is 0.480 e. The molecule has 10 heteroatoms. The second-order valence-electron chi connectivity index (χ2n) is 6.65. The van der Waals surface area contributed by atoms with Crippen molar-refractivity contribution in [3.05, 3.63) is 78.4 Å². The third-order valence-corrected chi connectivity index (χ3v) is 5.28. The summed E-state index contributed by atoms with van der Waals surface area (Å²) < 4.78 is 21.4. The standard InChI is InChI=1S/C22H21FN4O4S/c1-3-12-27-20(14(2)31-18-7-5-4-6-17(18)23)25-26-22(27)32-13-19(28)24-16-10-8-15(9-11-16)21(29)30/h3-11,14H,1,12-13H2,2H3,(H,24,28)(H,29,30). The van der Waals surface area contributed by atoms with Crippen LogP contribution in [0, 0.1) is 5.82 Å². The van der Waals surface area contributed by atoms with Gasteiger partial charge < -0.3 is 15.2 Å². The number of hydrogen-bond donors (Lipinski definition) is 2. The van der Waals surface area contributed by atoms with Crippen LogP contribution in [0.5, 0.6) is 5.75 Å². The number of benzene rings is 2. The molecule has 1 unspecified atom stereocenters. The molecule has 0 aliphatic rings. The van der Waals surface area contributed by atoms with Crippen LogP contribution in [0.1, 0.15) is 29.2 Å². The lowest BCUT2D eigenvalue weighted by Crippen LogP contribution is -2.15. The van der Waals surface area contributed by atoms with Gasteiger partial charge in [0.25, 0.3) is 0 Å². The first-order valence-electron chi connectivity index (χ1n) is 9.60. The molecule has 166 valence electrons. The molecule has 3 aromatic rings. The maximum absolute atomic E-state index is 13.9. The summed E-state index contributed by atoms with van der Waals surface area (Å²) in [5.41, 5.74) is 0.620. The van der Waals surface area contributed by atoms with Gasteiger partial charge in [0.2, 0.25) is 5.91 Å². The first-order chi connectivity index (χ1) is 15.4. The number of halogens is 1. The minimum atomic E-state index is -1.04. The Labute approximate surface area is 188 Å². The van der Waals surface area contributed by atoms with Crippen LogP contribution in [0.25, 0.3) is 0 Å². The number of carboxylic acid groups (broad SMARTS) is 1. The van der Waals surface area contributed by atoms with Gasteiger partial charge >= 0.3 is 5.97 Å². The third kappa shape index (κ3) is 5.73. The summed E-state index contributed by atoms with van der Waals surface area (Å²) in [4.78, 5) is 23.2. The molecule has 2 N–H and O–H groups in total. The SMILES string of the molecule is C=CCn1c(SCC(=O)Nc2ccc(C(=O)O)cc2)nnc1C(C)Oc1ccccc1F. The number of carbonyl (C=O) groups is 2. The second-order valence-corrected chi connectivity index (χ2v) is 7.59. The molecule has 0 saturated carbocycles. The summed E-state index contributed by atoms with van der Waals surface area (Å²) >= 11 is 1.18. The van der Waals surface area contributed by atoms with E-state index in [1.54, 1.807) is 29.7 Å². The first-order valence-corrected chi connectivity index (χ1v) is 10.6. The number of aromatic carboxylic acids is 1. The van der Waals surface area contributed by atoms with Crippen LogP contribution in [-0.4, -0.2) is 37.5 Å². The van der Waals surface area contributed by atoms with E-state index in [4.69, 9.17) is 9.84 Å². The van der Waals surface area contributed by atoms with E-state index < -0.39 is 17.9 Å². The number of nitrogens with one attached hydrogen (secondary N) is 1. The zero-order valence-corrected chi connectivity index (χ0v) is 18.0. The number of aromatic nitrogens is 3. The normalized spacial score (nSPS) is 11.6. The number of nitrogens with zero attached hydrogens (tertiary/aromatic N) is 3. The summed E-state index contributed by atoms with van der Waals surface area (Å²) in [6.07, 6.45) is 1.08. The molecule has 32 heavy (non-hydrogen) atoms. The highest BCUT2D eigenvalue weighted by atomic mass is 32.2. The van der Waals surface area contributed by atoms with E-state index in [2.05, 4.69) is 22.1 Å². The molecule has 3 rings (SSSR count). The Bertz CT molecular complexity index is 1120. The zero-order chi connectivity index (χ0) is 23.1. The molecule has 1 aromatic heterocycles. The van der Waals surface area contributed by atoms with E-state index >= 15 is 0 Å². The summed E-state index contributed by atoms with van der Waals surface area (Å²) in [5, 5.41) is 20.4. The number of thioether (sulfide) groups is 1. The summed E-state index contributed by atoms with van der Waals surface area (Å²) in [5.74, 6) is -1.17. The van der Waals surface area contributed by atoms with Crippen molar-refractivity contribution in [2.24, 2.45) is 0 Å². The molecule has 0 aliphatic carbocycles. The number of amides is 1. The fourth-order valence-electron chi connectivity index (χ4n) is 2.82. The number of carbonyl (C=O) groups excluding carboxylic acids is 1. The number of carboxylic acids is 1. The Morgan fingerprint density at radius 2 is 1.97 bits per heavy atom. The highest BCUT2D eigenvalue weighted by Crippen LogP contribution is 2.26. The van der Waals surface area contributed by atoms with Gasteiger partial charge in [0, 0.05) is 12.2 Å². The topological polar surface area (TPSA) is 106 Å². The molecule has 1 amide bonds. The van der Waals surface area contributed by atoms with E-state index in [0.717, 1.165) is 0 Å². The van der Waals surface area contributed by atoms with Crippen molar-refractivity contribution in [2.75, 3.05) is 11.1 Å². The first kappa shape index (κ1) is 23.0. The molecule has 0 saturated heterocycles. The molecule has 8 nitrogen and oxygen atoms in total. The number of allylic oxidation sites excluding steroid dienone is 1. The van der Waals surface area contributed by atoms with Crippen molar-refractivity contribution in [1.82, 2.24) is 14.8 Å². The molecule has 0 aliphatic heterocycles. The molecular formula is C22H21FN4O4S. The molecule has 0 spiro atoms. The van der Waals surface area contributed by atoms with Crippen LogP contribution in [0.15, 0.2) is 66.3 Å². The van der Waals surface area contributed by atoms with Crippen molar-refractivity contribution < 1.29 is 23.8 Å². The van der Waals surface area contributed by atoms with Gasteiger partial charge in [0.1, 0.15) is 0 Å². The predicted molar refractivity (Wildman–Crippen MR) is 118 cm³/mol. The number of anilines is 1. The molecule has 0 radical (unpaired) electrons. The lowest BCUT2D eigenvalue weighted by molar-refractivity contribution is -0.113. The highest BCUT2D eigenvalue weighted by molar-refractivity contribution is 7.99. The van der Waals surface area contributed by atoms with Crippen molar-refractivity contribution in [1.29, 1.82) is 0 Å². The van der Waals surface area contributed by atoms with Crippen LogP contribution >= 0.6 is 11.8 Å². The fourth-order valence-corrected chi connectivity index (χ4v) is 3.57. The van der Waals surface area contributed by atoms with Gasteiger partial charge in [-0.1, -0.05) is 30.0 Å². The Hall–Kier alpha value is -3.66. The highest BCUT2D eigenvalue weighted by Gasteiger charge is 2.20. The average Bonchev–Trinajstić information content (AvgIpc) is 3.17. The molecule has 0 bridgehead atoms. The predicted octanol–water partition coefficient (Wildman–Crippen LogP) is 4.17. The number of rotatable bonds is 10. The van der Waals surface area contributed by atoms with Crippen molar-refractivity contribution in [2.45, 2.75) is 24.7 Å². The fraction of sp³-hybridized carbons (Fsp3) is 0.182. The van der Waals surface area contributed by atoms with E-state index in [1.807, 2.05) is 0 Å². The van der Waals surface area contributed by atoms with Gasteiger partial charge in [-0.25, -0.2) is 9.18 Å². The van der Waals surface area contributed by atoms with Gasteiger partial charge in [0.15, 0.2) is 28.7 Å². The van der Waals surface area contributed by atoms with E-state index in [1.165, 1.54) is 48.2 Å². The van der Waals surface area contributed by atoms with Crippen molar-refractivity contribution in [3.8, 4) is 5.75 Å². The maximum Gasteiger partial charge on any atom is 0.335 e. The van der Waals surface area contributed by atoms with Crippen LogP contribution in [0.2, 0.25) is 0 Å². The van der Waals surface area contributed by atoms with Gasteiger partial charge in [-0.05, 0) is 43.3 Å². The lowest BCUT2D eigenvalue weighted by Gasteiger charge is -2.16. The van der Waals surface area contributed by atoms with Gasteiger partial charge in [-0.15, -0.1) is 16.8 Å². The zero-order valence-electron chi connectivity index (χ0n) is 17.2. The molecule has 2 aromatic carbocycles. The van der Waals surface area contributed by atoms with Gasteiger partial charge in [0.05, 0.1) is 11.3 Å². The molecule has 0 fully saturated rings. The monoisotopic (exact) mass is 456 g/mol. The molecular weight excluding hydrogens is 435 g/mol. The van der Waals surface area contributed by atoms with Crippen LogP contribution in [0.3, 0.4) is 0 Å². The molecule has 1 heterocycles. The molecule has 1 atom stereocenters. The minimum absolute atomic E-state index is 0.0541. The van der Waals surface area contributed by atoms with Gasteiger partial charge in [-0.3, -0.25) is 9.36 Å². The van der Waals surface area contributed by atoms with Crippen LogP contribution in [0.4, 0.5) is 10.1 Å². The van der Waals surface area contributed by atoms with E-state index in [-0.39, 0.29) is 23.0 Å². The van der Waals surface area contributed by atoms with Crippen molar-refractivity contribution in [3.63, 3.8) is 0 Å². The van der Waals surface area contributed by atoms with Crippen LogP contribution in [-0.2, 0) is 11.3 Å². The quantitative estimate of drug-likeness (QED) is 0.348. The van der Waals surface area contributed by atoms with E-state index in [9.17, 15) is 14.0 Å². The number of hydrogen-bond acceptors (Lipinski definition) is 6. The Balaban J connectivity index is 1.65. The third-order valence-electron chi connectivity index (χ3n) is 4.31. The Kier molecular flexibility index (Phi) is 7.61. The average molecular weight is 456 g/mol. The number of ether oxygens (including phenoxy) is 1. The Morgan fingerprint density at radius 1 is 1.25 bits per heavy atom. The second kappa shape index (κ2) is 10.6. The van der Waals surface area contributed by atoms with E-state index in [0.29, 0.717) is 23.2 Å².